The van der Waals surface area contributed by atoms with Gasteiger partial charge in [0.1, 0.15) is 14.1 Å². The average Bonchev–Trinajstić information content (AvgIpc) is 2.61. The molecule has 2 heteroatoms. The Kier molecular flexibility index (Phi) is 5.42. The molecule has 0 aliphatic carbocycles. The van der Waals surface area contributed by atoms with Crippen molar-refractivity contribution in [3.05, 3.63) is 71.5 Å². The highest BCUT2D eigenvalue weighted by Crippen LogP contribution is 2.43. The van der Waals surface area contributed by atoms with Gasteiger partial charge < -0.3 is 0 Å². The maximum absolute atomic E-state index is 2.47. The lowest BCUT2D eigenvalue weighted by Gasteiger charge is -2.30. The normalized spacial score (nSPS) is 12.3. The molecule has 152 valence electrons. The predicted octanol–water partition coefficient (Wildman–Crippen LogP) is 5.57. The highest BCUT2D eigenvalue weighted by atomic mass is 14.9. The number of hydrogen-bond donors (Lipinski definition) is 0. The van der Waals surface area contributed by atoms with Gasteiger partial charge in [-0.25, -0.2) is 9.13 Å². The van der Waals surface area contributed by atoms with Gasteiger partial charge in [0.05, 0.1) is 11.1 Å². The summed E-state index contributed by atoms with van der Waals surface area (Å²) in [6, 6.07) is 15.4. The minimum Gasteiger partial charge on any atom is -0.201 e. The van der Waals surface area contributed by atoms with Gasteiger partial charge in [0.25, 0.3) is 0 Å². The van der Waals surface area contributed by atoms with E-state index in [9.17, 15) is 0 Å². The van der Waals surface area contributed by atoms with Gasteiger partial charge in [-0.1, -0.05) is 47.6 Å². The molecule has 3 aromatic rings. The van der Waals surface area contributed by atoms with Crippen LogP contribution < -0.4 is 9.13 Å². The smallest absolute Gasteiger partial charge is 0.201 e. The zero-order valence-electron chi connectivity index (χ0n) is 19.6. The first-order chi connectivity index (χ1) is 13.4. The summed E-state index contributed by atoms with van der Waals surface area (Å²) in [5.74, 6) is 0. The lowest BCUT2D eigenvalue weighted by Crippen LogP contribution is -2.33. The third-order valence-corrected chi connectivity index (χ3v) is 5.82. The number of aromatic nitrogens is 2. The zero-order valence-corrected chi connectivity index (χ0v) is 19.6. The maximum Gasteiger partial charge on any atom is 0.212 e. The van der Waals surface area contributed by atoms with Crippen LogP contribution in [-0.2, 0) is 24.9 Å². The molecular formula is C27H36N2+2. The summed E-state index contributed by atoms with van der Waals surface area (Å²) < 4.78 is 4.48. The molecule has 3 rings (SSSR count). The minimum atomic E-state index is 0.0420. The van der Waals surface area contributed by atoms with E-state index >= 15 is 0 Å². The Labute approximate surface area is 176 Å². The van der Waals surface area contributed by atoms with E-state index in [1.54, 1.807) is 0 Å². The van der Waals surface area contributed by atoms with Crippen LogP contribution in [0.2, 0.25) is 0 Å². The number of rotatable bonds is 2. The molecule has 0 aliphatic heterocycles. The largest absolute Gasteiger partial charge is 0.212 e. The molecule has 0 unspecified atom stereocenters. The lowest BCUT2D eigenvalue weighted by atomic mass is 9.73. The summed E-state index contributed by atoms with van der Waals surface area (Å²) in [5, 5.41) is 0. The van der Waals surface area contributed by atoms with Crippen molar-refractivity contribution in [2.75, 3.05) is 0 Å². The van der Waals surface area contributed by atoms with E-state index < -0.39 is 0 Å². The van der Waals surface area contributed by atoms with E-state index in [1.165, 1.54) is 39.2 Å². The van der Waals surface area contributed by atoms with Gasteiger partial charge in [0.2, 0.25) is 11.4 Å². The van der Waals surface area contributed by atoms with Crippen molar-refractivity contribution in [1.82, 2.24) is 0 Å². The van der Waals surface area contributed by atoms with Crippen molar-refractivity contribution < 1.29 is 9.13 Å². The molecule has 0 atom stereocenters. The SMILES string of the molecule is Cc1c(-c2cccc[n+]2C)c(C(C)(C)C)cc(C(C)(C)C)c1-c1cccc[n+]1C. The second-order valence-electron chi connectivity index (χ2n) is 10.2. The van der Waals surface area contributed by atoms with E-state index in [1.807, 2.05) is 0 Å². The molecule has 2 heterocycles. The summed E-state index contributed by atoms with van der Waals surface area (Å²) in [7, 11) is 4.28. The van der Waals surface area contributed by atoms with Crippen LogP contribution >= 0.6 is 0 Å². The van der Waals surface area contributed by atoms with Crippen LogP contribution in [0.4, 0.5) is 0 Å². The molecule has 1 aromatic carbocycles. The highest BCUT2D eigenvalue weighted by molar-refractivity contribution is 5.80. The second kappa shape index (κ2) is 7.40. The Morgan fingerprint density at radius 1 is 0.621 bits per heavy atom. The number of pyridine rings is 2. The van der Waals surface area contributed by atoms with Crippen molar-refractivity contribution >= 4 is 0 Å². The van der Waals surface area contributed by atoms with E-state index in [0.717, 1.165) is 0 Å². The molecule has 0 fully saturated rings. The quantitative estimate of drug-likeness (QED) is 0.507. The van der Waals surface area contributed by atoms with E-state index in [4.69, 9.17) is 0 Å². The molecule has 0 aliphatic rings. The lowest BCUT2D eigenvalue weighted by molar-refractivity contribution is -0.660. The molecule has 0 saturated heterocycles. The maximum atomic E-state index is 2.47. The van der Waals surface area contributed by atoms with Crippen molar-refractivity contribution in [1.29, 1.82) is 0 Å². The number of aryl methyl sites for hydroxylation is 2. The van der Waals surface area contributed by atoms with E-state index in [2.05, 4.69) is 127 Å². The van der Waals surface area contributed by atoms with Crippen LogP contribution in [-0.4, -0.2) is 0 Å². The molecule has 0 bridgehead atoms. The van der Waals surface area contributed by atoms with Crippen LogP contribution in [0.25, 0.3) is 22.5 Å². The van der Waals surface area contributed by atoms with Crippen LogP contribution in [0.5, 0.6) is 0 Å². The molecule has 2 aromatic heterocycles. The summed E-state index contributed by atoms with van der Waals surface area (Å²) in [6.07, 6.45) is 4.28. The first kappa shape index (κ1) is 21.2. The van der Waals surface area contributed by atoms with Crippen molar-refractivity contribution in [3.63, 3.8) is 0 Å². The van der Waals surface area contributed by atoms with Gasteiger partial charge in [-0.2, -0.15) is 0 Å². The molecule has 0 N–H and O–H groups in total. The monoisotopic (exact) mass is 388 g/mol. The fourth-order valence-electron chi connectivity index (χ4n) is 4.23. The molecule has 0 amide bonds. The Morgan fingerprint density at radius 3 is 1.31 bits per heavy atom. The molecule has 29 heavy (non-hydrogen) atoms. The first-order valence-corrected chi connectivity index (χ1v) is 10.5. The fraction of sp³-hybridized carbons (Fsp3) is 0.407. The fourth-order valence-corrected chi connectivity index (χ4v) is 4.23. The minimum absolute atomic E-state index is 0.0420. The van der Waals surface area contributed by atoms with Crippen molar-refractivity contribution in [2.45, 2.75) is 59.3 Å². The van der Waals surface area contributed by atoms with Gasteiger partial charge in [0, 0.05) is 24.3 Å². The third-order valence-electron chi connectivity index (χ3n) is 5.82. The van der Waals surface area contributed by atoms with Gasteiger partial charge in [-0.3, -0.25) is 0 Å². The third kappa shape index (κ3) is 3.99. The number of benzene rings is 1. The van der Waals surface area contributed by atoms with Crippen molar-refractivity contribution in [3.8, 4) is 22.5 Å². The summed E-state index contributed by atoms with van der Waals surface area (Å²) >= 11 is 0. The molecule has 0 saturated carbocycles. The predicted molar refractivity (Wildman–Crippen MR) is 122 cm³/mol. The molecular weight excluding hydrogens is 352 g/mol. The summed E-state index contributed by atoms with van der Waals surface area (Å²) in [4.78, 5) is 0. The molecule has 0 radical (unpaired) electrons. The van der Waals surface area contributed by atoms with Crippen molar-refractivity contribution in [2.24, 2.45) is 14.1 Å². The van der Waals surface area contributed by atoms with Gasteiger partial charge in [-0.15, -0.1) is 0 Å². The Balaban J connectivity index is 2.54. The number of hydrogen-bond acceptors (Lipinski definition) is 0. The average molecular weight is 389 g/mol. The van der Waals surface area contributed by atoms with Gasteiger partial charge in [0.15, 0.2) is 12.4 Å². The Morgan fingerprint density at radius 2 is 1.00 bits per heavy atom. The Hall–Kier alpha value is -2.48. The highest BCUT2D eigenvalue weighted by Gasteiger charge is 2.33. The summed E-state index contributed by atoms with van der Waals surface area (Å²) in [6.45, 7) is 16.2. The topological polar surface area (TPSA) is 7.76 Å². The van der Waals surface area contributed by atoms with E-state index in [-0.39, 0.29) is 10.8 Å². The van der Waals surface area contributed by atoms with Gasteiger partial charge in [-0.05, 0) is 46.6 Å². The van der Waals surface area contributed by atoms with Crippen LogP contribution in [0.3, 0.4) is 0 Å². The van der Waals surface area contributed by atoms with Crippen LogP contribution in [0.1, 0.15) is 58.2 Å². The standard InChI is InChI=1S/C27H36N2/c1-19-24(22-14-10-12-16-28(22)8)20(26(2,3)4)18-21(27(5,6)7)25(19)23-15-11-13-17-29(23)9/h10-18H,1-9H3/q+2. The van der Waals surface area contributed by atoms with Crippen LogP contribution in [0.15, 0.2) is 54.9 Å². The molecule has 2 nitrogen and oxygen atoms in total. The summed E-state index contributed by atoms with van der Waals surface area (Å²) in [5.41, 5.74) is 9.48. The second-order valence-corrected chi connectivity index (χ2v) is 10.2. The zero-order chi connectivity index (χ0) is 21.6. The number of nitrogens with zero attached hydrogens (tertiary/aromatic N) is 2. The Bertz CT molecular complexity index is 965. The van der Waals surface area contributed by atoms with Gasteiger partial charge >= 0.3 is 0 Å². The van der Waals surface area contributed by atoms with Crippen LogP contribution in [0, 0.1) is 6.92 Å². The first-order valence-electron chi connectivity index (χ1n) is 10.5. The van der Waals surface area contributed by atoms with E-state index in [0.29, 0.717) is 0 Å². The molecule has 0 spiro atoms.